The zero-order valence-electron chi connectivity index (χ0n) is 11.5. The third kappa shape index (κ3) is 4.41. The molecule has 5 heteroatoms. The first-order chi connectivity index (χ1) is 9.60. The van der Waals surface area contributed by atoms with Crippen molar-refractivity contribution in [3.8, 4) is 11.8 Å². The van der Waals surface area contributed by atoms with Crippen molar-refractivity contribution < 1.29 is 19.4 Å². The van der Waals surface area contributed by atoms with Crippen LogP contribution in [-0.4, -0.2) is 48.7 Å². The summed E-state index contributed by atoms with van der Waals surface area (Å²) >= 11 is 0. The molecule has 0 aliphatic carbocycles. The molecule has 0 radical (unpaired) electrons. The van der Waals surface area contributed by atoms with E-state index in [9.17, 15) is 9.59 Å². The maximum atomic E-state index is 12.3. The highest BCUT2D eigenvalue weighted by molar-refractivity contribution is 5.98. The number of amides is 1. The Morgan fingerprint density at radius 1 is 1.35 bits per heavy atom. The first kappa shape index (κ1) is 15.7. The van der Waals surface area contributed by atoms with E-state index >= 15 is 0 Å². The average Bonchev–Trinajstić information content (AvgIpc) is 2.44. The zero-order valence-corrected chi connectivity index (χ0v) is 11.5. The number of carbonyl (C=O) groups is 2. The van der Waals surface area contributed by atoms with Crippen molar-refractivity contribution in [2.24, 2.45) is 0 Å². The Hall–Kier alpha value is -2.32. The van der Waals surface area contributed by atoms with Gasteiger partial charge in [0, 0.05) is 12.6 Å². The topological polar surface area (TPSA) is 66.8 Å². The van der Waals surface area contributed by atoms with E-state index in [-0.39, 0.29) is 25.7 Å². The number of likely N-dealkylation sites (N-methyl/N-ethyl adjacent to an activating group) is 1. The lowest BCUT2D eigenvalue weighted by Crippen LogP contribution is -2.33. The highest BCUT2D eigenvalue weighted by Gasteiger charge is 2.17. The van der Waals surface area contributed by atoms with E-state index in [0.717, 1.165) is 0 Å². The maximum Gasteiger partial charge on any atom is 0.325 e. The van der Waals surface area contributed by atoms with E-state index in [1.807, 2.05) is 0 Å². The predicted octanol–water partition coefficient (Wildman–Crippen LogP) is 0.665. The molecule has 0 aromatic heterocycles. The van der Waals surface area contributed by atoms with Crippen molar-refractivity contribution >= 4 is 11.9 Å². The van der Waals surface area contributed by atoms with E-state index < -0.39 is 5.97 Å². The summed E-state index contributed by atoms with van der Waals surface area (Å²) < 4.78 is 4.80. The minimum absolute atomic E-state index is 0.117. The van der Waals surface area contributed by atoms with Crippen LogP contribution in [-0.2, 0) is 9.53 Å². The number of aliphatic hydroxyl groups is 1. The Bertz CT molecular complexity index is 542. The van der Waals surface area contributed by atoms with Gasteiger partial charge in [0.25, 0.3) is 5.91 Å². The van der Waals surface area contributed by atoms with Gasteiger partial charge in [-0.25, -0.2) is 0 Å². The number of aliphatic hydroxyl groups excluding tert-OH is 1. The van der Waals surface area contributed by atoms with Crippen molar-refractivity contribution in [3.05, 3.63) is 35.4 Å². The average molecular weight is 275 g/mol. The molecule has 5 nitrogen and oxygen atoms in total. The van der Waals surface area contributed by atoms with E-state index in [4.69, 9.17) is 9.84 Å². The summed E-state index contributed by atoms with van der Waals surface area (Å²) in [5, 5.41) is 8.71. The number of ether oxygens (including phenoxy) is 1. The van der Waals surface area contributed by atoms with E-state index in [1.54, 1.807) is 31.2 Å². The summed E-state index contributed by atoms with van der Waals surface area (Å²) in [4.78, 5) is 24.9. The van der Waals surface area contributed by atoms with Crippen LogP contribution in [0.4, 0.5) is 0 Å². The van der Waals surface area contributed by atoms with Gasteiger partial charge >= 0.3 is 5.97 Å². The minimum Gasteiger partial charge on any atom is -0.465 e. The summed E-state index contributed by atoms with van der Waals surface area (Å²) in [5.74, 6) is 4.44. The van der Waals surface area contributed by atoms with Crippen molar-refractivity contribution in [3.63, 3.8) is 0 Å². The molecule has 20 heavy (non-hydrogen) atoms. The van der Waals surface area contributed by atoms with Gasteiger partial charge in [-0.1, -0.05) is 24.0 Å². The number of esters is 1. The van der Waals surface area contributed by atoms with Crippen molar-refractivity contribution in [2.45, 2.75) is 6.92 Å². The fourth-order valence-corrected chi connectivity index (χ4v) is 1.59. The van der Waals surface area contributed by atoms with Crippen molar-refractivity contribution in [2.75, 3.05) is 26.8 Å². The van der Waals surface area contributed by atoms with Crippen molar-refractivity contribution in [1.82, 2.24) is 4.90 Å². The molecule has 1 amide bonds. The molecule has 106 valence electrons. The van der Waals surface area contributed by atoms with E-state index in [1.165, 1.54) is 11.9 Å². The van der Waals surface area contributed by atoms with Gasteiger partial charge in [-0.2, -0.15) is 0 Å². The molecule has 0 bridgehead atoms. The first-order valence-corrected chi connectivity index (χ1v) is 6.20. The molecule has 0 saturated carbocycles. The number of benzene rings is 1. The van der Waals surface area contributed by atoms with Crippen LogP contribution >= 0.6 is 0 Å². The highest BCUT2D eigenvalue weighted by atomic mass is 16.5. The number of nitrogens with zero attached hydrogens (tertiary/aromatic N) is 1. The Morgan fingerprint density at radius 2 is 2.05 bits per heavy atom. The normalized spacial score (nSPS) is 9.35. The Morgan fingerprint density at radius 3 is 2.70 bits per heavy atom. The van der Waals surface area contributed by atoms with Crippen LogP contribution in [0.5, 0.6) is 0 Å². The minimum atomic E-state index is -0.456. The fourth-order valence-electron chi connectivity index (χ4n) is 1.59. The van der Waals surface area contributed by atoms with Crippen LogP contribution in [0.1, 0.15) is 22.8 Å². The molecule has 0 atom stereocenters. The van der Waals surface area contributed by atoms with Crippen LogP contribution < -0.4 is 0 Å². The second-order valence-electron chi connectivity index (χ2n) is 3.97. The van der Waals surface area contributed by atoms with Crippen LogP contribution in [0.25, 0.3) is 0 Å². The summed E-state index contributed by atoms with van der Waals surface area (Å²) in [7, 11) is 1.52. The quantitative estimate of drug-likeness (QED) is 0.647. The molecule has 0 aliphatic heterocycles. The lowest BCUT2D eigenvalue weighted by Gasteiger charge is -2.16. The third-order valence-electron chi connectivity index (χ3n) is 2.48. The molecule has 0 saturated heterocycles. The van der Waals surface area contributed by atoms with Gasteiger partial charge in [0.15, 0.2) is 0 Å². The third-order valence-corrected chi connectivity index (χ3v) is 2.48. The van der Waals surface area contributed by atoms with Crippen LogP contribution in [0.3, 0.4) is 0 Å². The number of hydrogen-bond acceptors (Lipinski definition) is 4. The molecular formula is C15H17NO4. The standard InChI is InChI=1S/C15H17NO4/c1-3-20-14(18)11-16(2)15(19)13-9-5-4-7-12(13)8-6-10-17/h4-5,7,9,17H,3,10-11H2,1-2H3. The van der Waals surface area contributed by atoms with Crippen LogP contribution in [0.15, 0.2) is 24.3 Å². The Labute approximate surface area is 118 Å². The number of carbonyl (C=O) groups excluding carboxylic acids is 2. The summed E-state index contributed by atoms with van der Waals surface area (Å²) in [6.45, 7) is 1.59. The van der Waals surface area contributed by atoms with E-state index in [2.05, 4.69) is 11.8 Å². The molecule has 0 spiro atoms. The Kier molecular flexibility index (Phi) is 6.27. The predicted molar refractivity (Wildman–Crippen MR) is 74.0 cm³/mol. The molecule has 0 fully saturated rings. The first-order valence-electron chi connectivity index (χ1n) is 6.20. The van der Waals surface area contributed by atoms with Gasteiger partial charge in [0.05, 0.1) is 12.2 Å². The molecular weight excluding hydrogens is 258 g/mol. The van der Waals surface area contributed by atoms with E-state index in [0.29, 0.717) is 11.1 Å². The largest absolute Gasteiger partial charge is 0.465 e. The molecule has 0 heterocycles. The Balaban J connectivity index is 2.89. The second kappa shape index (κ2) is 7.97. The van der Waals surface area contributed by atoms with Gasteiger partial charge in [0.2, 0.25) is 0 Å². The zero-order chi connectivity index (χ0) is 15.0. The van der Waals surface area contributed by atoms with Gasteiger partial charge < -0.3 is 14.7 Å². The summed E-state index contributed by atoms with van der Waals surface area (Å²) in [6, 6.07) is 6.79. The van der Waals surface area contributed by atoms with Gasteiger partial charge in [-0.15, -0.1) is 0 Å². The van der Waals surface area contributed by atoms with Gasteiger partial charge in [0.1, 0.15) is 13.2 Å². The van der Waals surface area contributed by atoms with Crippen molar-refractivity contribution in [1.29, 1.82) is 0 Å². The molecule has 1 rings (SSSR count). The van der Waals surface area contributed by atoms with Crippen LogP contribution in [0.2, 0.25) is 0 Å². The molecule has 1 aromatic carbocycles. The van der Waals surface area contributed by atoms with Gasteiger partial charge in [-0.05, 0) is 19.1 Å². The summed E-state index contributed by atoms with van der Waals surface area (Å²) in [6.07, 6.45) is 0. The number of rotatable bonds is 4. The number of hydrogen-bond donors (Lipinski definition) is 1. The van der Waals surface area contributed by atoms with Crippen LogP contribution in [0, 0.1) is 11.8 Å². The lowest BCUT2D eigenvalue weighted by molar-refractivity contribution is -0.143. The monoisotopic (exact) mass is 275 g/mol. The highest BCUT2D eigenvalue weighted by Crippen LogP contribution is 2.10. The fraction of sp³-hybridized carbons (Fsp3) is 0.333. The maximum absolute atomic E-state index is 12.3. The SMILES string of the molecule is CCOC(=O)CN(C)C(=O)c1ccccc1C#CCO. The molecule has 1 aromatic rings. The molecule has 0 aliphatic rings. The van der Waals surface area contributed by atoms with Gasteiger partial charge in [-0.3, -0.25) is 9.59 Å². The smallest absolute Gasteiger partial charge is 0.325 e. The molecule has 0 unspecified atom stereocenters. The lowest BCUT2D eigenvalue weighted by atomic mass is 10.1. The second-order valence-corrected chi connectivity index (χ2v) is 3.97. The molecule has 1 N–H and O–H groups in total. The summed E-state index contributed by atoms with van der Waals surface area (Å²) in [5.41, 5.74) is 0.905.